The molecule has 0 aromatic heterocycles. The highest BCUT2D eigenvalue weighted by Gasteiger charge is 2.25. The predicted octanol–water partition coefficient (Wildman–Crippen LogP) is 3.36. The van der Waals surface area contributed by atoms with Crippen molar-refractivity contribution in [2.75, 3.05) is 12.4 Å². The van der Waals surface area contributed by atoms with Crippen molar-refractivity contribution in [2.45, 2.75) is 45.7 Å². The highest BCUT2D eigenvalue weighted by Crippen LogP contribution is 2.19. The minimum atomic E-state index is -0.157. The van der Waals surface area contributed by atoms with Crippen molar-refractivity contribution in [1.82, 2.24) is 4.90 Å². The third-order valence-corrected chi connectivity index (χ3v) is 3.77. The fraction of sp³-hybridized carbons (Fsp3) is 0.533. The molecule has 3 N–H and O–H groups in total. The summed E-state index contributed by atoms with van der Waals surface area (Å²) in [6.07, 6.45) is 0.903. The molecule has 1 rings (SSSR count). The first-order valence-corrected chi connectivity index (χ1v) is 6.68. The van der Waals surface area contributed by atoms with Crippen molar-refractivity contribution in [3.8, 4) is 0 Å². The molecule has 0 spiro atoms. The lowest BCUT2D eigenvalue weighted by Gasteiger charge is -2.34. The van der Waals surface area contributed by atoms with E-state index in [0.29, 0.717) is 0 Å². The minimum Gasteiger partial charge on any atom is -0.324 e. The summed E-state index contributed by atoms with van der Waals surface area (Å²) >= 11 is 0. The Balaban J connectivity index is 2.72. The van der Waals surface area contributed by atoms with Crippen LogP contribution in [-0.2, 0) is 0 Å². The quantitative estimate of drug-likeness (QED) is 0.875. The average molecular weight is 263 g/mol. The second-order valence-electron chi connectivity index (χ2n) is 5.57. The van der Waals surface area contributed by atoms with Gasteiger partial charge < -0.3 is 16.0 Å². The van der Waals surface area contributed by atoms with Gasteiger partial charge in [0.25, 0.3) is 0 Å². The lowest BCUT2D eigenvalue weighted by atomic mass is 10.0. The number of rotatable bonds is 4. The molecule has 0 aliphatic rings. The van der Waals surface area contributed by atoms with Gasteiger partial charge in [0.15, 0.2) is 0 Å². The summed E-state index contributed by atoms with van der Waals surface area (Å²) in [5.74, 6) is 0. The van der Waals surface area contributed by atoms with Gasteiger partial charge in [-0.25, -0.2) is 4.79 Å². The van der Waals surface area contributed by atoms with E-state index in [0.717, 1.165) is 17.7 Å². The predicted molar refractivity (Wildman–Crippen MR) is 80.2 cm³/mol. The van der Waals surface area contributed by atoms with Crippen LogP contribution in [0.1, 0.15) is 45.7 Å². The Morgan fingerprint density at radius 1 is 1.37 bits per heavy atom. The molecule has 106 valence electrons. The van der Waals surface area contributed by atoms with E-state index in [2.05, 4.69) is 12.2 Å². The van der Waals surface area contributed by atoms with Crippen LogP contribution in [0.15, 0.2) is 24.3 Å². The van der Waals surface area contributed by atoms with Gasteiger partial charge in [-0.05, 0) is 44.9 Å². The number of amides is 2. The van der Waals surface area contributed by atoms with Crippen molar-refractivity contribution < 1.29 is 4.79 Å². The third-order valence-electron chi connectivity index (χ3n) is 3.77. The van der Waals surface area contributed by atoms with Crippen LogP contribution in [0, 0.1) is 0 Å². The molecule has 19 heavy (non-hydrogen) atoms. The van der Waals surface area contributed by atoms with Gasteiger partial charge in [0, 0.05) is 24.3 Å². The summed E-state index contributed by atoms with van der Waals surface area (Å²) in [6, 6.07) is 7.54. The van der Waals surface area contributed by atoms with E-state index < -0.39 is 0 Å². The van der Waals surface area contributed by atoms with E-state index in [-0.39, 0.29) is 17.6 Å². The number of anilines is 1. The Bertz CT molecular complexity index is 424. The minimum absolute atomic E-state index is 0.00597. The molecule has 1 aromatic carbocycles. The molecule has 0 aliphatic heterocycles. The number of carbonyl (C=O) groups excluding carboxylic acids is 1. The summed E-state index contributed by atoms with van der Waals surface area (Å²) < 4.78 is 0. The van der Waals surface area contributed by atoms with E-state index in [4.69, 9.17) is 5.73 Å². The molecular weight excluding hydrogens is 238 g/mol. The summed E-state index contributed by atoms with van der Waals surface area (Å²) in [6.45, 7) is 8.10. The van der Waals surface area contributed by atoms with E-state index >= 15 is 0 Å². The maximum absolute atomic E-state index is 12.1. The topological polar surface area (TPSA) is 58.4 Å². The van der Waals surface area contributed by atoms with Crippen LogP contribution in [0.5, 0.6) is 0 Å². The molecule has 0 radical (unpaired) electrons. The smallest absolute Gasteiger partial charge is 0.322 e. The Morgan fingerprint density at radius 2 is 1.89 bits per heavy atom. The zero-order valence-corrected chi connectivity index (χ0v) is 12.5. The molecule has 0 saturated heterocycles. The van der Waals surface area contributed by atoms with Crippen LogP contribution in [0.3, 0.4) is 0 Å². The van der Waals surface area contributed by atoms with Crippen molar-refractivity contribution in [3.05, 3.63) is 29.8 Å². The molecule has 0 aliphatic carbocycles. The Labute approximate surface area is 116 Å². The molecule has 4 nitrogen and oxygen atoms in total. The number of hydrogen-bond donors (Lipinski definition) is 2. The fourth-order valence-corrected chi connectivity index (χ4v) is 1.59. The summed E-state index contributed by atoms with van der Waals surface area (Å²) in [7, 11) is 1.81. The second kappa shape index (κ2) is 6.06. The van der Waals surface area contributed by atoms with Gasteiger partial charge in [0.05, 0.1) is 0 Å². The van der Waals surface area contributed by atoms with Gasteiger partial charge in [-0.2, -0.15) is 0 Å². The number of urea groups is 1. The first kappa shape index (κ1) is 15.5. The largest absolute Gasteiger partial charge is 0.324 e. The van der Waals surface area contributed by atoms with Gasteiger partial charge in [0.1, 0.15) is 0 Å². The van der Waals surface area contributed by atoms with Gasteiger partial charge in [-0.15, -0.1) is 0 Å². The van der Waals surface area contributed by atoms with Gasteiger partial charge in [-0.1, -0.05) is 19.1 Å². The molecule has 1 aromatic rings. The summed E-state index contributed by atoms with van der Waals surface area (Å²) in [5.41, 5.74) is 7.48. The highest BCUT2D eigenvalue weighted by molar-refractivity contribution is 5.89. The number of carbonyl (C=O) groups is 1. The van der Waals surface area contributed by atoms with Crippen LogP contribution in [0.4, 0.5) is 10.5 Å². The van der Waals surface area contributed by atoms with Crippen LogP contribution in [0.25, 0.3) is 0 Å². The van der Waals surface area contributed by atoms with Crippen molar-refractivity contribution in [3.63, 3.8) is 0 Å². The van der Waals surface area contributed by atoms with Crippen molar-refractivity contribution in [1.29, 1.82) is 0 Å². The maximum atomic E-state index is 12.1. The number of nitrogens with one attached hydrogen (secondary N) is 1. The van der Waals surface area contributed by atoms with Crippen LogP contribution in [0.2, 0.25) is 0 Å². The standard InChI is InChI=1S/C15H25N3O/c1-6-15(3,4)18(5)14(19)17-13-9-7-12(8-10-13)11(2)16/h7-11H,6,16H2,1-5H3,(H,17,19). The maximum Gasteiger partial charge on any atom is 0.322 e. The molecule has 1 atom stereocenters. The molecule has 2 amide bonds. The van der Waals surface area contributed by atoms with Gasteiger partial charge in [-0.3, -0.25) is 0 Å². The lowest BCUT2D eigenvalue weighted by molar-refractivity contribution is 0.165. The van der Waals surface area contributed by atoms with Crippen LogP contribution >= 0.6 is 0 Å². The normalized spacial score (nSPS) is 12.9. The van der Waals surface area contributed by atoms with Gasteiger partial charge >= 0.3 is 6.03 Å². The molecule has 0 bridgehead atoms. The Kier molecular flexibility index (Phi) is 4.95. The summed E-state index contributed by atoms with van der Waals surface area (Å²) in [4.78, 5) is 13.9. The van der Waals surface area contributed by atoms with Gasteiger partial charge in [0.2, 0.25) is 0 Å². The first-order valence-electron chi connectivity index (χ1n) is 6.68. The Hall–Kier alpha value is -1.55. The molecule has 0 fully saturated rings. The molecule has 4 heteroatoms. The lowest BCUT2D eigenvalue weighted by Crippen LogP contribution is -2.46. The average Bonchev–Trinajstić information content (AvgIpc) is 2.38. The second-order valence-corrected chi connectivity index (χ2v) is 5.57. The first-order chi connectivity index (χ1) is 8.77. The highest BCUT2D eigenvalue weighted by atomic mass is 16.2. The van der Waals surface area contributed by atoms with E-state index in [1.165, 1.54) is 0 Å². The van der Waals surface area contributed by atoms with Crippen LogP contribution < -0.4 is 11.1 Å². The number of nitrogens with two attached hydrogens (primary N) is 1. The molecule has 0 saturated carbocycles. The zero-order valence-electron chi connectivity index (χ0n) is 12.5. The number of hydrogen-bond acceptors (Lipinski definition) is 2. The molecular formula is C15H25N3O. The number of nitrogens with zero attached hydrogens (tertiary/aromatic N) is 1. The molecule has 1 unspecified atom stereocenters. The molecule has 0 heterocycles. The summed E-state index contributed by atoms with van der Waals surface area (Å²) in [5, 5.41) is 2.89. The third kappa shape index (κ3) is 3.96. The monoisotopic (exact) mass is 263 g/mol. The van der Waals surface area contributed by atoms with E-state index in [1.54, 1.807) is 4.90 Å². The Morgan fingerprint density at radius 3 is 2.32 bits per heavy atom. The van der Waals surface area contributed by atoms with Crippen LogP contribution in [-0.4, -0.2) is 23.5 Å². The SMILES string of the molecule is CCC(C)(C)N(C)C(=O)Nc1ccc(C(C)N)cc1. The number of benzene rings is 1. The van der Waals surface area contributed by atoms with E-state index in [9.17, 15) is 4.79 Å². The van der Waals surface area contributed by atoms with E-state index in [1.807, 2.05) is 52.1 Å². The zero-order chi connectivity index (χ0) is 14.6. The van der Waals surface area contributed by atoms with Crippen molar-refractivity contribution >= 4 is 11.7 Å². The van der Waals surface area contributed by atoms with Crippen molar-refractivity contribution in [2.24, 2.45) is 5.73 Å². The fourth-order valence-electron chi connectivity index (χ4n) is 1.59.